The zero-order valence-corrected chi connectivity index (χ0v) is 21.4. The average molecular weight is 483 g/mol. The lowest BCUT2D eigenvalue weighted by molar-refractivity contribution is 0.0945. The minimum absolute atomic E-state index is 0.159. The molecular formula is C26H34N4O3S. The Morgan fingerprint density at radius 1 is 1.26 bits per heavy atom. The van der Waals surface area contributed by atoms with Crippen molar-refractivity contribution in [3.63, 3.8) is 0 Å². The quantitative estimate of drug-likeness (QED) is 0.452. The summed E-state index contributed by atoms with van der Waals surface area (Å²) in [6, 6.07) is 5.99. The fourth-order valence-electron chi connectivity index (χ4n) is 5.27. The Bertz CT molecular complexity index is 1270. The van der Waals surface area contributed by atoms with Crippen LogP contribution in [-0.2, 0) is 6.54 Å². The molecule has 0 bridgehead atoms. The van der Waals surface area contributed by atoms with E-state index in [1.54, 1.807) is 0 Å². The van der Waals surface area contributed by atoms with Crippen LogP contribution in [-0.4, -0.2) is 37.9 Å². The van der Waals surface area contributed by atoms with Crippen LogP contribution in [0.4, 0.5) is 0 Å². The van der Waals surface area contributed by atoms with Crippen LogP contribution in [0, 0.1) is 26.7 Å². The zero-order valence-electron chi connectivity index (χ0n) is 20.6. The lowest BCUT2D eigenvalue weighted by Crippen LogP contribution is -2.28. The van der Waals surface area contributed by atoms with Gasteiger partial charge in [-0.2, -0.15) is 0 Å². The second kappa shape index (κ2) is 9.96. The number of H-pyrrole nitrogens is 1. The van der Waals surface area contributed by atoms with Gasteiger partial charge in [0, 0.05) is 45.5 Å². The number of nitrogens with one attached hydrogen (secondary N) is 2. The number of carbonyl (C=O) groups excluding carboxylic acids is 1. The average Bonchev–Trinajstić information content (AvgIpc) is 3.08. The van der Waals surface area contributed by atoms with Crippen molar-refractivity contribution in [3.8, 4) is 0 Å². The number of thioether (sulfide) groups is 1. The first-order chi connectivity index (χ1) is 16.2. The van der Waals surface area contributed by atoms with Crippen LogP contribution >= 0.6 is 11.8 Å². The lowest BCUT2D eigenvalue weighted by atomic mass is 9.83. The highest BCUT2D eigenvalue weighted by molar-refractivity contribution is 7.98. The maximum absolute atomic E-state index is 13.5. The third-order valence-electron chi connectivity index (χ3n) is 7.17. The first kappa shape index (κ1) is 24.5. The van der Waals surface area contributed by atoms with Crippen LogP contribution in [0.5, 0.6) is 0 Å². The number of aromatic nitrogens is 3. The molecule has 0 aliphatic heterocycles. The summed E-state index contributed by atoms with van der Waals surface area (Å²) in [5.41, 5.74) is 4.41. The van der Waals surface area contributed by atoms with Crippen molar-refractivity contribution in [2.45, 2.75) is 77.0 Å². The molecule has 182 valence electrons. The molecule has 1 amide bonds. The third kappa shape index (κ3) is 4.66. The van der Waals surface area contributed by atoms with Crippen molar-refractivity contribution >= 4 is 28.7 Å². The molecule has 1 atom stereocenters. The molecule has 4 rings (SSSR count). The number of carbonyl (C=O) groups is 1. The third-order valence-corrected chi connectivity index (χ3v) is 7.97. The number of rotatable bonds is 6. The second-order valence-electron chi connectivity index (χ2n) is 9.47. The van der Waals surface area contributed by atoms with Crippen molar-refractivity contribution in [2.24, 2.45) is 5.92 Å². The van der Waals surface area contributed by atoms with Crippen LogP contribution < -0.4 is 10.9 Å². The van der Waals surface area contributed by atoms with Gasteiger partial charge in [-0.05, 0) is 83.8 Å². The molecule has 3 N–H and O–H groups in total. The molecule has 0 aromatic carbocycles. The SMILES string of the molecule is CSc1cc(C)[nH]c(=O)c1CNC(=O)c1c(C)n(C(C)C2CCC(O)CC2)c2nc(C)ccc12. The topological polar surface area (TPSA) is 100 Å². The fraction of sp³-hybridized carbons (Fsp3) is 0.500. The molecule has 1 saturated carbocycles. The highest BCUT2D eigenvalue weighted by Crippen LogP contribution is 2.37. The number of aryl methyl sites for hydroxylation is 2. The van der Waals surface area contributed by atoms with E-state index < -0.39 is 0 Å². The number of pyridine rings is 2. The molecule has 7 nitrogen and oxygen atoms in total. The summed E-state index contributed by atoms with van der Waals surface area (Å²) < 4.78 is 2.20. The van der Waals surface area contributed by atoms with Crippen LogP contribution in [0.3, 0.4) is 0 Å². The Morgan fingerprint density at radius 2 is 1.97 bits per heavy atom. The molecular weight excluding hydrogens is 448 g/mol. The second-order valence-corrected chi connectivity index (χ2v) is 10.3. The molecule has 0 radical (unpaired) electrons. The van der Waals surface area contributed by atoms with Crippen LogP contribution in [0.25, 0.3) is 11.0 Å². The van der Waals surface area contributed by atoms with Gasteiger partial charge in [0.05, 0.1) is 11.7 Å². The smallest absolute Gasteiger partial charge is 0.254 e. The van der Waals surface area contributed by atoms with Gasteiger partial charge in [0.2, 0.25) is 0 Å². The van der Waals surface area contributed by atoms with Gasteiger partial charge in [0.1, 0.15) is 5.65 Å². The van der Waals surface area contributed by atoms with Crippen molar-refractivity contribution < 1.29 is 9.90 Å². The molecule has 0 spiro atoms. The van der Waals surface area contributed by atoms with Crippen LogP contribution in [0.15, 0.2) is 27.9 Å². The van der Waals surface area contributed by atoms with Crippen molar-refractivity contribution in [1.82, 2.24) is 19.9 Å². The maximum Gasteiger partial charge on any atom is 0.254 e. The van der Waals surface area contributed by atoms with E-state index in [2.05, 4.69) is 21.8 Å². The summed E-state index contributed by atoms with van der Waals surface area (Å²) in [4.78, 5) is 34.5. The first-order valence-corrected chi connectivity index (χ1v) is 13.1. The molecule has 1 unspecified atom stereocenters. The van der Waals surface area contributed by atoms with E-state index in [4.69, 9.17) is 4.98 Å². The number of amides is 1. The molecule has 34 heavy (non-hydrogen) atoms. The molecule has 3 aromatic rings. The van der Waals surface area contributed by atoms with Gasteiger partial charge < -0.3 is 20.0 Å². The number of fused-ring (bicyclic) bond motifs is 1. The summed E-state index contributed by atoms with van der Waals surface area (Å²) >= 11 is 1.50. The Labute approximate surface area is 204 Å². The highest BCUT2D eigenvalue weighted by Gasteiger charge is 2.30. The summed E-state index contributed by atoms with van der Waals surface area (Å²) in [5.74, 6) is 0.219. The molecule has 0 saturated heterocycles. The standard InChI is InChI=1S/C26H34N4O3S/c1-14-6-11-20-23(26(33)27-13-21-22(34-5)12-15(2)29-25(21)32)17(4)30(24(20)28-14)16(3)18-7-9-19(31)10-8-18/h6,11-12,16,18-19,31H,7-10,13H2,1-5H3,(H,27,33)(H,29,32). The van der Waals surface area contributed by atoms with E-state index >= 15 is 0 Å². The summed E-state index contributed by atoms with van der Waals surface area (Å²) in [6.07, 6.45) is 5.28. The number of hydrogen-bond donors (Lipinski definition) is 3. The molecule has 1 fully saturated rings. The summed E-state index contributed by atoms with van der Waals surface area (Å²) in [7, 11) is 0. The lowest BCUT2D eigenvalue weighted by Gasteiger charge is -2.32. The monoisotopic (exact) mass is 482 g/mol. The van der Waals surface area contributed by atoms with Gasteiger partial charge in [-0.25, -0.2) is 4.98 Å². The molecule has 8 heteroatoms. The molecule has 3 aromatic heterocycles. The predicted molar refractivity (Wildman–Crippen MR) is 137 cm³/mol. The van der Waals surface area contributed by atoms with E-state index in [1.807, 2.05) is 45.2 Å². The fourth-order valence-corrected chi connectivity index (χ4v) is 5.97. The van der Waals surface area contributed by atoms with Gasteiger partial charge in [0.15, 0.2) is 0 Å². The van der Waals surface area contributed by atoms with Gasteiger partial charge in [-0.15, -0.1) is 11.8 Å². The van der Waals surface area contributed by atoms with E-state index in [9.17, 15) is 14.7 Å². The molecule has 3 heterocycles. The zero-order chi connectivity index (χ0) is 24.6. The van der Waals surface area contributed by atoms with E-state index in [0.29, 0.717) is 17.0 Å². The van der Waals surface area contributed by atoms with E-state index in [0.717, 1.165) is 58.7 Å². The minimum Gasteiger partial charge on any atom is -0.393 e. The van der Waals surface area contributed by atoms with Crippen molar-refractivity contribution in [1.29, 1.82) is 0 Å². The Hall–Kier alpha value is -2.58. The van der Waals surface area contributed by atoms with Crippen LogP contribution in [0.1, 0.15) is 71.7 Å². The Balaban J connectivity index is 1.69. The van der Waals surface area contributed by atoms with Crippen molar-refractivity contribution in [3.05, 3.63) is 56.8 Å². The van der Waals surface area contributed by atoms with E-state index in [1.165, 1.54) is 11.8 Å². The van der Waals surface area contributed by atoms with E-state index in [-0.39, 0.29) is 30.2 Å². The number of aromatic amines is 1. The predicted octanol–water partition coefficient (Wildman–Crippen LogP) is 4.41. The largest absolute Gasteiger partial charge is 0.393 e. The molecule has 1 aliphatic rings. The van der Waals surface area contributed by atoms with Gasteiger partial charge in [-0.1, -0.05) is 0 Å². The van der Waals surface area contributed by atoms with Gasteiger partial charge >= 0.3 is 0 Å². The normalized spacial score (nSPS) is 19.4. The number of aliphatic hydroxyl groups is 1. The summed E-state index contributed by atoms with van der Waals surface area (Å²) in [6.45, 7) is 8.14. The van der Waals surface area contributed by atoms with Crippen LogP contribution in [0.2, 0.25) is 0 Å². The van der Waals surface area contributed by atoms with Crippen molar-refractivity contribution in [2.75, 3.05) is 6.26 Å². The first-order valence-electron chi connectivity index (χ1n) is 11.9. The van der Waals surface area contributed by atoms with Gasteiger partial charge in [0.25, 0.3) is 11.5 Å². The summed E-state index contributed by atoms with van der Waals surface area (Å²) in [5, 5.41) is 13.8. The number of hydrogen-bond acceptors (Lipinski definition) is 5. The Kier molecular flexibility index (Phi) is 7.19. The highest BCUT2D eigenvalue weighted by atomic mass is 32.2. The number of aliphatic hydroxyl groups excluding tert-OH is 1. The minimum atomic E-state index is -0.205. The maximum atomic E-state index is 13.5. The number of nitrogens with zero attached hydrogens (tertiary/aromatic N) is 2. The molecule has 1 aliphatic carbocycles. The van der Waals surface area contributed by atoms with Gasteiger partial charge in [-0.3, -0.25) is 9.59 Å². The Morgan fingerprint density at radius 3 is 2.65 bits per heavy atom.